The quantitative estimate of drug-likeness (QED) is 0.457. The molecule has 0 aliphatic heterocycles. The van der Waals surface area contributed by atoms with Gasteiger partial charge in [0.25, 0.3) is 0 Å². The number of para-hydroxylation sites is 1. The van der Waals surface area contributed by atoms with Crippen molar-refractivity contribution in [2.45, 2.75) is 18.3 Å². The van der Waals surface area contributed by atoms with Crippen LogP contribution in [-0.4, -0.2) is 25.3 Å². The van der Waals surface area contributed by atoms with Crippen molar-refractivity contribution in [2.75, 3.05) is 19.5 Å². The highest BCUT2D eigenvalue weighted by molar-refractivity contribution is 6.01. The largest absolute Gasteiger partial charge is 0.493 e. The van der Waals surface area contributed by atoms with E-state index in [1.165, 1.54) is 0 Å². The SMILES string of the molecule is COc1ccc(-c2cc(C3(C(=O)Nc4cc5ccccc5oc4=O)CC3)no2)cc1OC. The monoisotopic (exact) mass is 432 g/mol. The molecular formula is C24H20N2O6. The highest BCUT2D eigenvalue weighted by Gasteiger charge is 2.54. The summed E-state index contributed by atoms with van der Waals surface area (Å²) in [6.07, 6.45) is 1.21. The van der Waals surface area contributed by atoms with Gasteiger partial charge in [0.15, 0.2) is 17.3 Å². The second kappa shape index (κ2) is 7.56. The second-order valence-electron chi connectivity index (χ2n) is 7.67. The highest BCUT2D eigenvalue weighted by Crippen LogP contribution is 2.49. The predicted molar refractivity (Wildman–Crippen MR) is 117 cm³/mol. The summed E-state index contributed by atoms with van der Waals surface area (Å²) in [5, 5.41) is 7.60. The Hall–Kier alpha value is -4.07. The second-order valence-corrected chi connectivity index (χ2v) is 7.67. The van der Waals surface area contributed by atoms with Gasteiger partial charge < -0.3 is 23.7 Å². The van der Waals surface area contributed by atoms with Crippen LogP contribution in [0.3, 0.4) is 0 Å². The van der Waals surface area contributed by atoms with E-state index in [1.54, 1.807) is 50.6 Å². The third-order valence-electron chi connectivity index (χ3n) is 5.74. The van der Waals surface area contributed by atoms with Crippen LogP contribution in [-0.2, 0) is 10.2 Å². The van der Waals surface area contributed by atoms with E-state index in [0.717, 1.165) is 10.9 Å². The molecule has 0 radical (unpaired) electrons. The van der Waals surface area contributed by atoms with Crippen molar-refractivity contribution < 1.29 is 23.2 Å². The van der Waals surface area contributed by atoms with Crippen LogP contribution in [0.4, 0.5) is 5.69 Å². The van der Waals surface area contributed by atoms with E-state index in [-0.39, 0.29) is 11.6 Å². The van der Waals surface area contributed by atoms with Crippen molar-refractivity contribution in [3.05, 3.63) is 70.7 Å². The fourth-order valence-electron chi connectivity index (χ4n) is 3.74. The van der Waals surface area contributed by atoms with Crippen LogP contribution >= 0.6 is 0 Å². The molecule has 0 saturated heterocycles. The van der Waals surface area contributed by atoms with Gasteiger partial charge in [-0.1, -0.05) is 23.4 Å². The maximum atomic E-state index is 13.1. The summed E-state index contributed by atoms with van der Waals surface area (Å²) in [7, 11) is 3.12. The summed E-state index contributed by atoms with van der Waals surface area (Å²) in [4.78, 5) is 25.4. The highest BCUT2D eigenvalue weighted by atomic mass is 16.5. The molecule has 2 heterocycles. The van der Waals surface area contributed by atoms with E-state index in [4.69, 9.17) is 18.4 Å². The molecule has 0 unspecified atom stereocenters. The van der Waals surface area contributed by atoms with E-state index >= 15 is 0 Å². The lowest BCUT2D eigenvalue weighted by Crippen LogP contribution is -2.30. The van der Waals surface area contributed by atoms with Gasteiger partial charge >= 0.3 is 5.63 Å². The molecule has 1 saturated carbocycles. The van der Waals surface area contributed by atoms with Crippen molar-refractivity contribution in [2.24, 2.45) is 0 Å². The number of nitrogens with zero attached hydrogens (tertiary/aromatic N) is 1. The Labute approximate surface area is 182 Å². The van der Waals surface area contributed by atoms with E-state index in [9.17, 15) is 9.59 Å². The first kappa shape index (κ1) is 19.9. The Bertz CT molecular complexity index is 1380. The smallest absolute Gasteiger partial charge is 0.360 e. The molecule has 0 atom stereocenters. The zero-order valence-corrected chi connectivity index (χ0v) is 17.5. The zero-order valence-electron chi connectivity index (χ0n) is 17.5. The molecule has 1 aliphatic carbocycles. The number of anilines is 1. The van der Waals surface area contributed by atoms with Crippen molar-refractivity contribution in [3.63, 3.8) is 0 Å². The summed E-state index contributed by atoms with van der Waals surface area (Å²) in [6.45, 7) is 0. The molecule has 4 aromatic rings. The van der Waals surface area contributed by atoms with E-state index < -0.39 is 11.0 Å². The molecule has 1 amide bonds. The fourth-order valence-corrected chi connectivity index (χ4v) is 3.74. The summed E-state index contributed by atoms with van der Waals surface area (Å²) < 4.78 is 21.4. The molecule has 2 aromatic carbocycles. The summed E-state index contributed by atoms with van der Waals surface area (Å²) in [6, 6.07) is 15.9. The minimum atomic E-state index is -0.837. The molecule has 1 aliphatic rings. The number of methoxy groups -OCH3 is 2. The molecule has 5 rings (SSSR count). The molecule has 0 spiro atoms. The number of ether oxygens (including phenoxy) is 2. The molecule has 1 N–H and O–H groups in total. The molecule has 1 fully saturated rings. The molecule has 2 aromatic heterocycles. The van der Waals surface area contributed by atoms with Crippen LogP contribution in [0.2, 0.25) is 0 Å². The number of hydrogen-bond acceptors (Lipinski definition) is 7. The van der Waals surface area contributed by atoms with Gasteiger partial charge in [-0.25, -0.2) is 4.79 Å². The normalized spacial score (nSPS) is 14.2. The Balaban J connectivity index is 1.41. The average molecular weight is 432 g/mol. The maximum absolute atomic E-state index is 13.1. The average Bonchev–Trinajstić information content (AvgIpc) is 3.48. The van der Waals surface area contributed by atoms with Crippen molar-refractivity contribution >= 4 is 22.6 Å². The van der Waals surface area contributed by atoms with Crippen LogP contribution in [0.5, 0.6) is 11.5 Å². The van der Waals surface area contributed by atoms with Crippen LogP contribution in [0.25, 0.3) is 22.3 Å². The zero-order chi connectivity index (χ0) is 22.3. The molecule has 32 heavy (non-hydrogen) atoms. The minimum absolute atomic E-state index is 0.101. The van der Waals surface area contributed by atoms with Crippen LogP contribution in [0.1, 0.15) is 18.5 Å². The third kappa shape index (κ3) is 3.30. The number of benzene rings is 2. The van der Waals surface area contributed by atoms with Crippen molar-refractivity contribution in [1.29, 1.82) is 0 Å². The van der Waals surface area contributed by atoms with Crippen LogP contribution in [0, 0.1) is 0 Å². The number of hydrogen-bond donors (Lipinski definition) is 1. The molecular weight excluding hydrogens is 412 g/mol. The van der Waals surface area contributed by atoms with E-state index in [1.807, 2.05) is 18.2 Å². The maximum Gasteiger partial charge on any atom is 0.360 e. The topological polar surface area (TPSA) is 104 Å². The number of fused-ring (bicyclic) bond motifs is 1. The minimum Gasteiger partial charge on any atom is -0.493 e. The number of carbonyl (C=O) groups excluding carboxylic acids is 1. The number of amides is 1. The lowest BCUT2D eigenvalue weighted by molar-refractivity contribution is -0.118. The first-order valence-electron chi connectivity index (χ1n) is 10.1. The number of carbonyl (C=O) groups is 1. The molecule has 0 bridgehead atoms. The predicted octanol–water partition coefficient (Wildman–Crippen LogP) is 4.14. The third-order valence-corrected chi connectivity index (χ3v) is 5.74. The Morgan fingerprint density at radius 3 is 2.56 bits per heavy atom. The van der Waals surface area contributed by atoms with Gasteiger partial charge in [0, 0.05) is 17.0 Å². The molecule has 8 nitrogen and oxygen atoms in total. The number of rotatable bonds is 6. The standard InChI is InChI=1S/C24H20N2O6/c1-29-18-8-7-15(12-20(18)30-2)19-13-21(26-32-19)24(9-10-24)23(28)25-16-11-14-5-3-4-6-17(14)31-22(16)27/h3-8,11-13H,9-10H2,1-2H3,(H,25,28). The van der Waals surface area contributed by atoms with Gasteiger partial charge in [-0.2, -0.15) is 0 Å². The lowest BCUT2D eigenvalue weighted by atomic mass is 10.00. The fraction of sp³-hybridized carbons (Fsp3) is 0.208. The van der Waals surface area contributed by atoms with Gasteiger partial charge in [-0.05, 0) is 43.2 Å². The summed E-state index contributed by atoms with van der Waals surface area (Å²) in [5.74, 6) is 1.35. The summed E-state index contributed by atoms with van der Waals surface area (Å²) >= 11 is 0. The Morgan fingerprint density at radius 2 is 1.81 bits per heavy atom. The number of nitrogens with one attached hydrogen (secondary N) is 1. The van der Waals surface area contributed by atoms with Crippen LogP contribution in [0.15, 0.2) is 68.3 Å². The van der Waals surface area contributed by atoms with Crippen molar-refractivity contribution in [1.82, 2.24) is 5.16 Å². The Kier molecular flexibility index (Phi) is 4.70. The molecule has 162 valence electrons. The van der Waals surface area contributed by atoms with Gasteiger partial charge in [0.2, 0.25) is 5.91 Å². The van der Waals surface area contributed by atoms with Crippen LogP contribution < -0.4 is 20.4 Å². The van der Waals surface area contributed by atoms with E-state index in [2.05, 4.69) is 10.5 Å². The summed E-state index contributed by atoms with van der Waals surface area (Å²) in [5.41, 5.74) is 0.393. The first-order chi connectivity index (χ1) is 15.5. The van der Waals surface area contributed by atoms with Gasteiger partial charge in [0.1, 0.15) is 11.3 Å². The van der Waals surface area contributed by atoms with Gasteiger partial charge in [-0.3, -0.25) is 4.79 Å². The Morgan fingerprint density at radius 1 is 1.03 bits per heavy atom. The van der Waals surface area contributed by atoms with Gasteiger partial charge in [-0.15, -0.1) is 0 Å². The van der Waals surface area contributed by atoms with Crippen molar-refractivity contribution in [3.8, 4) is 22.8 Å². The lowest BCUT2D eigenvalue weighted by Gasteiger charge is -2.12. The van der Waals surface area contributed by atoms with E-state index in [0.29, 0.717) is 41.4 Å². The first-order valence-corrected chi connectivity index (χ1v) is 10.1. The number of aromatic nitrogens is 1. The van der Waals surface area contributed by atoms with Gasteiger partial charge in [0.05, 0.1) is 25.3 Å². The molecule has 8 heteroatoms.